The standard InChI is InChI=1S/C25H16Br2FNO4S/c26-18-10-15(11-19(27)23(18)33-14-17-8-4-5-9-20(17)28)12-22-24(31)29(25(32)34-22)13-21(30)16-6-2-1-3-7-16/h1-12H,13-14H2/b22-12+. The van der Waals surface area contributed by atoms with Gasteiger partial charge in [-0.05, 0) is 73.5 Å². The molecule has 2 amide bonds. The SMILES string of the molecule is O=C(CN1C(=O)S/C(=C/c2cc(Br)c(OCc3ccccc3F)c(Br)c2)C1=O)c1ccccc1. The first kappa shape index (κ1) is 24.4. The Bertz CT molecular complexity index is 1290. The molecule has 1 aliphatic heterocycles. The molecule has 0 N–H and O–H groups in total. The highest BCUT2D eigenvalue weighted by Gasteiger charge is 2.36. The molecule has 0 aliphatic carbocycles. The summed E-state index contributed by atoms with van der Waals surface area (Å²) < 4.78 is 20.8. The largest absolute Gasteiger partial charge is 0.486 e. The first-order valence-corrected chi connectivity index (χ1v) is 12.4. The number of halogens is 3. The Labute approximate surface area is 216 Å². The number of carbonyl (C=O) groups excluding carboxylic acids is 3. The van der Waals surface area contributed by atoms with Crippen molar-refractivity contribution in [3.8, 4) is 5.75 Å². The zero-order valence-electron chi connectivity index (χ0n) is 17.5. The molecule has 5 nitrogen and oxygen atoms in total. The van der Waals surface area contributed by atoms with E-state index >= 15 is 0 Å². The quantitative estimate of drug-likeness (QED) is 0.218. The highest BCUT2D eigenvalue weighted by molar-refractivity contribution is 9.11. The summed E-state index contributed by atoms with van der Waals surface area (Å²) in [7, 11) is 0. The topological polar surface area (TPSA) is 63.7 Å². The summed E-state index contributed by atoms with van der Waals surface area (Å²) in [6.07, 6.45) is 1.58. The Morgan fingerprint density at radius 3 is 2.32 bits per heavy atom. The number of hydrogen-bond donors (Lipinski definition) is 0. The lowest BCUT2D eigenvalue weighted by molar-refractivity contribution is -0.122. The van der Waals surface area contributed by atoms with E-state index in [2.05, 4.69) is 31.9 Å². The summed E-state index contributed by atoms with van der Waals surface area (Å²) in [5.74, 6) is -0.716. The fraction of sp³-hybridized carbons (Fsp3) is 0.0800. The molecule has 0 spiro atoms. The minimum absolute atomic E-state index is 0.0392. The van der Waals surface area contributed by atoms with E-state index in [-0.39, 0.29) is 29.7 Å². The van der Waals surface area contributed by atoms with E-state index in [1.165, 1.54) is 6.07 Å². The van der Waals surface area contributed by atoms with Crippen LogP contribution in [0.5, 0.6) is 5.75 Å². The van der Waals surface area contributed by atoms with Crippen molar-refractivity contribution in [2.45, 2.75) is 6.61 Å². The Kier molecular flexibility index (Phi) is 7.65. The van der Waals surface area contributed by atoms with Gasteiger partial charge in [-0.15, -0.1) is 0 Å². The van der Waals surface area contributed by atoms with Gasteiger partial charge in [-0.2, -0.15) is 0 Å². The fourth-order valence-corrected chi connectivity index (χ4v) is 5.50. The van der Waals surface area contributed by atoms with Crippen molar-refractivity contribution in [3.63, 3.8) is 0 Å². The lowest BCUT2D eigenvalue weighted by Crippen LogP contribution is -2.33. The van der Waals surface area contributed by atoms with Crippen LogP contribution in [0.4, 0.5) is 9.18 Å². The summed E-state index contributed by atoms with van der Waals surface area (Å²) in [5.41, 5.74) is 1.49. The van der Waals surface area contributed by atoms with Crippen molar-refractivity contribution in [3.05, 3.63) is 103 Å². The number of nitrogens with zero attached hydrogens (tertiary/aromatic N) is 1. The average Bonchev–Trinajstić information content (AvgIpc) is 3.07. The lowest BCUT2D eigenvalue weighted by Gasteiger charge is -2.12. The molecule has 3 aromatic carbocycles. The Balaban J connectivity index is 1.49. The molecule has 3 aromatic rings. The summed E-state index contributed by atoms with van der Waals surface area (Å²) >= 11 is 7.67. The van der Waals surface area contributed by atoms with E-state index in [1.54, 1.807) is 66.7 Å². The summed E-state index contributed by atoms with van der Waals surface area (Å²) in [5, 5.41) is -0.497. The Morgan fingerprint density at radius 1 is 1.00 bits per heavy atom. The van der Waals surface area contributed by atoms with Gasteiger partial charge in [0.2, 0.25) is 0 Å². The van der Waals surface area contributed by atoms with Crippen LogP contribution in [-0.4, -0.2) is 28.4 Å². The highest BCUT2D eigenvalue weighted by atomic mass is 79.9. The number of carbonyl (C=O) groups is 3. The van der Waals surface area contributed by atoms with Gasteiger partial charge in [0.05, 0.1) is 20.4 Å². The van der Waals surface area contributed by atoms with Gasteiger partial charge in [-0.3, -0.25) is 19.3 Å². The van der Waals surface area contributed by atoms with Crippen molar-refractivity contribution in [2.75, 3.05) is 6.54 Å². The van der Waals surface area contributed by atoms with Crippen molar-refractivity contribution < 1.29 is 23.5 Å². The third-order valence-electron chi connectivity index (χ3n) is 4.92. The van der Waals surface area contributed by atoms with Crippen molar-refractivity contribution in [2.24, 2.45) is 0 Å². The number of ether oxygens (including phenoxy) is 1. The molecule has 0 bridgehead atoms. The number of Topliss-reactive ketones (excluding diaryl/α,β-unsaturated/α-hetero) is 1. The molecular weight excluding hydrogens is 589 g/mol. The van der Waals surface area contributed by atoms with E-state index in [0.29, 0.717) is 31.4 Å². The minimum Gasteiger partial charge on any atom is -0.486 e. The zero-order chi connectivity index (χ0) is 24.2. The monoisotopic (exact) mass is 603 g/mol. The van der Waals surface area contributed by atoms with Gasteiger partial charge in [0.1, 0.15) is 18.2 Å². The third kappa shape index (κ3) is 5.48. The van der Waals surface area contributed by atoms with E-state index in [1.807, 2.05) is 0 Å². The molecule has 1 fully saturated rings. The Hall–Kier alpha value is -2.75. The number of ketones is 1. The number of amides is 2. The van der Waals surface area contributed by atoms with Crippen LogP contribution in [0.2, 0.25) is 0 Å². The molecule has 9 heteroatoms. The maximum Gasteiger partial charge on any atom is 0.293 e. The van der Waals surface area contributed by atoms with Gasteiger partial charge < -0.3 is 4.74 Å². The van der Waals surface area contributed by atoms with Crippen molar-refractivity contribution >= 4 is 66.6 Å². The number of hydrogen-bond acceptors (Lipinski definition) is 5. The van der Waals surface area contributed by atoms with Gasteiger partial charge in [0.25, 0.3) is 11.1 Å². The third-order valence-corrected chi connectivity index (χ3v) is 7.00. The first-order valence-electron chi connectivity index (χ1n) is 10.0. The molecule has 0 aromatic heterocycles. The van der Waals surface area contributed by atoms with Crippen LogP contribution in [0, 0.1) is 5.82 Å². The predicted molar refractivity (Wildman–Crippen MR) is 136 cm³/mol. The second-order valence-electron chi connectivity index (χ2n) is 7.25. The van der Waals surface area contributed by atoms with Crippen LogP contribution < -0.4 is 4.74 Å². The van der Waals surface area contributed by atoms with Gasteiger partial charge in [-0.1, -0.05) is 48.5 Å². The highest BCUT2D eigenvalue weighted by Crippen LogP contribution is 2.38. The molecule has 0 saturated carbocycles. The fourth-order valence-electron chi connectivity index (χ4n) is 3.21. The maximum atomic E-state index is 13.9. The Morgan fingerprint density at radius 2 is 1.65 bits per heavy atom. The molecule has 1 heterocycles. The second kappa shape index (κ2) is 10.7. The minimum atomic E-state index is -0.522. The van der Waals surface area contributed by atoms with E-state index in [0.717, 1.165) is 16.7 Å². The van der Waals surface area contributed by atoms with Crippen LogP contribution in [-0.2, 0) is 11.4 Å². The van der Waals surface area contributed by atoms with E-state index < -0.39 is 11.1 Å². The molecule has 172 valence electrons. The number of thioether (sulfide) groups is 1. The van der Waals surface area contributed by atoms with Crippen LogP contribution in [0.3, 0.4) is 0 Å². The smallest absolute Gasteiger partial charge is 0.293 e. The molecular formula is C25H16Br2FNO4S. The van der Waals surface area contributed by atoms with E-state index in [4.69, 9.17) is 4.74 Å². The summed E-state index contributed by atoms with van der Waals surface area (Å²) in [6, 6.07) is 18.3. The molecule has 34 heavy (non-hydrogen) atoms. The molecule has 0 radical (unpaired) electrons. The molecule has 0 atom stereocenters. The normalized spacial score (nSPS) is 14.7. The van der Waals surface area contributed by atoms with Crippen molar-refractivity contribution in [1.29, 1.82) is 0 Å². The van der Waals surface area contributed by atoms with Crippen LogP contribution in [0.15, 0.2) is 80.6 Å². The van der Waals surface area contributed by atoms with Crippen LogP contribution in [0.1, 0.15) is 21.5 Å². The number of rotatable bonds is 7. The average molecular weight is 605 g/mol. The van der Waals surface area contributed by atoms with Crippen molar-refractivity contribution in [1.82, 2.24) is 4.90 Å². The molecule has 4 rings (SSSR count). The van der Waals surface area contributed by atoms with Gasteiger partial charge in [0.15, 0.2) is 5.78 Å². The molecule has 1 aliphatic rings. The summed E-state index contributed by atoms with van der Waals surface area (Å²) in [6.45, 7) is -0.278. The molecule has 0 unspecified atom stereocenters. The molecule has 1 saturated heterocycles. The number of imide groups is 1. The zero-order valence-corrected chi connectivity index (χ0v) is 21.5. The van der Waals surface area contributed by atoms with E-state index in [9.17, 15) is 18.8 Å². The maximum absolute atomic E-state index is 13.9. The second-order valence-corrected chi connectivity index (χ2v) is 9.95. The van der Waals surface area contributed by atoms with Gasteiger partial charge >= 0.3 is 0 Å². The lowest BCUT2D eigenvalue weighted by atomic mass is 10.1. The van der Waals surface area contributed by atoms with Crippen LogP contribution in [0.25, 0.3) is 6.08 Å². The number of benzene rings is 3. The summed E-state index contributed by atoms with van der Waals surface area (Å²) in [4.78, 5) is 38.8. The van der Waals surface area contributed by atoms with Gasteiger partial charge in [0, 0.05) is 11.1 Å². The predicted octanol–water partition coefficient (Wildman–Crippen LogP) is 6.85. The van der Waals surface area contributed by atoms with Gasteiger partial charge in [-0.25, -0.2) is 4.39 Å². The first-order chi connectivity index (χ1) is 16.3. The van der Waals surface area contributed by atoms with Crippen LogP contribution >= 0.6 is 43.6 Å².